The molecule has 3 aliphatic rings. The molecule has 1 aromatic rings. The fourth-order valence-electron chi connectivity index (χ4n) is 4.62. The molecule has 2 amide bonds. The third kappa shape index (κ3) is 3.70. The average Bonchev–Trinajstić information content (AvgIpc) is 3.31. The van der Waals surface area contributed by atoms with Gasteiger partial charge in [0.05, 0.1) is 29.6 Å². The number of piperidine rings is 1. The predicted molar refractivity (Wildman–Crippen MR) is 111 cm³/mol. The van der Waals surface area contributed by atoms with Crippen LogP contribution in [0.3, 0.4) is 0 Å². The van der Waals surface area contributed by atoms with Crippen LogP contribution >= 0.6 is 0 Å². The molecule has 2 unspecified atom stereocenters. The Balaban J connectivity index is 1.55. The van der Waals surface area contributed by atoms with Gasteiger partial charge in [0.1, 0.15) is 0 Å². The smallest absolute Gasteiger partial charge is 0.271 e. The minimum Gasteiger partial charge on any atom is -0.480 e. The average molecular weight is 422 g/mol. The van der Waals surface area contributed by atoms with Crippen molar-refractivity contribution in [2.75, 3.05) is 13.1 Å². The second-order valence-electron chi connectivity index (χ2n) is 8.64. The van der Waals surface area contributed by atoms with E-state index in [0.29, 0.717) is 38.0 Å². The number of ether oxygens (including phenoxy) is 1. The highest BCUT2D eigenvalue weighted by Gasteiger charge is 2.53. The van der Waals surface area contributed by atoms with Gasteiger partial charge in [-0.3, -0.25) is 19.7 Å². The molecule has 0 bridgehead atoms. The Kier molecular flexibility index (Phi) is 5.54. The number of nitrogens with zero attached hydrogens (tertiary/aromatic N) is 3. The summed E-state index contributed by atoms with van der Waals surface area (Å²) in [6, 6.07) is 9.19. The topological polar surface area (TPSA) is 103 Å². The summed E-state index contributed by atoms with van der Waals surface area (Å²) in [5, 5.41) is 13.0. The third-order valence-electron chi connectivity index (χ3n) is 6.44. The number of hydrogen-bond donors (Lipinski definition) is 1. The molecule has 1 N–H and O–H groups in total. The highest BCUT2D eigenvalue weighted by atomic mass is 16.5. The lowest BCUT2D eigenvalue weighted by molar-refractivity contribution is -0.147. The Labute approximate surface area is 181 Å². The summed E-state index contributed by atoms with van der Waals surface area (Å²) < 4.78 is 5.16. The fourth-order valence-corrected chi connectivity index (χ4v) is 4.62. The number of amides is 2. The van der Waals surface area contributed by atoms with E-state index in [9.17, 15) is 19.6 Å². The van der Waals surface area contributed by atoms with Crippen molar-refractivity contribution in [3.63, 3.8) is 0 Å². The van der Waals surface area contributed by atoms with Crippen LogP contribution in [-0.2, 0) is 25.7 Å². The number of nitriles is 1. The van der Waals surface area contributed by atoms with E-state index in [-0.39, 0.29) is 29.6 Å². The second kappa shape index (κ2) is 8.16. The molecule has 162 valence electrons. The van der Waals surface area contributed by atoms with Crippen LogP contribution in [0.15, 0.2) is 36.6 Å². The molecule has 1 spiro atoms. The summed E-state index contributed by atoms with van der Waals surface area (Å²) in [4.78, 5) is 41.3. The Morgan fingerprint density at radius 1 is 1.29 bits per heavy atom. The minimum absolute atomic E-state index is 0.0148. The van der Waals surface area contributed by atoms with Gasteiger partial charge in [0.15, 0.2) is 0 Å². The highest BCUT2D eigenvalue weighted by Crippen LogP contribution is 2.36. The first-order valence-electron chi connectivity index (χ1n) is 10.6. The van der Waals surface area contributed by atoms with E-state index in [4.69, 9.17) is 4.74 Å². The Bertz CT molecular complexity index is 972. The van der Waals surface area contributed by atoms with Crippen molar-refractivity contribution in [1.29, 1.82) is 5.26 Å². The van der Waals surface area contributed by atoms with E-state index in [1.54, 1.807) is 11.0 Å². The summed E-state index contributed by atoms with van der Waals surface area (Å²) in [5.41, 5.74) is 0.762. The van der Waals surface area contributed by atoms with Crippen molar-refractivity contribution in [3.05, 3.63) is 47.7 Å². The first kappa shape index (κ1) is 21.1. The van der Waals surface area contributed by atoms with Crippen molar-refractivity contribution in [2.45, 2.75) is 51.0 Å². The molecule has 0 aliphatic carbocycles. The zero-order valence-electron chi connectivity index (χ0n) is 17.7. The first-order valence-corrected chi connectivity index (χ1v) is 10.6. The van der Waals surface area contributed by atoms with Gasteiger partial charge >= 0.3 is 0 Å². The summed E-state index contributed by atoms with van der Waals surface area (Å²) in [7, 11) is 0. The van der Waals surface area contributed by atoms with Crippen LogP contribution < -0.4 is 5.32 Å². The standard InChI is InChI=1S/C23H26N4O4/c1-15(2)19-21(29)27(14-17-6-4-3-5-16(17)13-24)23(25-19)8-10-26(11-9-23)22(30)20-18(28)7-12-31-20/h3-7,12,15,19-20,25H,8-11,14H2,1-2H3. The number of rotatable bonds is 4. The number of carbonyl (C=O) groups is 3. The number of likely N-dealkylation sites (tertiary alicyclic amines) is 1. The van der Waals surface area contributed by atoms with Crippen molar-refractivity contribution in [3.8, 4) is 6.07 Å². The molecule has 0 aromatic heterocycles. The molecule has 2 fully saturated rings. The van der Waals surface area contributed by atoms with Gasteiger partial charge in [-0.25, -0.2) is 0 Å². The van der Waals surface area contributed by atoms with Crippen molar-refractivity contribution >= 4 is 17.6 Å². The SMILES string of the molecule is CC(C)C1NC2(CCN(C(=O)C3OC=CC3=O)CC2)N(Cc2ccccc2C#N)C1=O. The molecule has 2 saturated heterocycles. The van der Waals surface area contributed by atoms with E-state index in [1.165, 1.54) is 12.3 Å². The molecule has 3 aliphatic heterocycles. The molecule has 1 aromatic carbocycles. The molecule has 4 rings (SSSR count). The second-order valence-corrected chi connectivity index (χ2v) is 8.64. The molecule has 8 heteroatoms. The number of benzene rings is 1. The molecule has 3 heterocycles. The quantitative estimate of drug-likeness (QED) is 0.734. The highest BCUT2D eigenvalue weighted by molar-refractivity contribution is 6.10. The van der Waals surface area contributed by atoms with Crippen molar-refractivity contribution in [2.24, 2.45) is 5.92 Å². The predicted octanol–water partition coefficient (Wildman–Crippen LogP) is 1.31. The summed E-state index contributed by atoms with van der Waals surface area (Å²) in [6.07, 6.45) is 2.52. The molecule has 8 nitrogen and oxygen atoms in total. The molecular formula is C23H26N4O4. The number of nitrogens with one attached hydrogen (secondary N) is 1. The lowest BCUT2D eigenvalue weighted by Crippen LogP contribution is -2.60. The maximum absolute atomic E-state index is 13.3. The van der Waals surface area contributed by atoms with E-state index in [0.717, 1.165) is 5.56 Å². The van der Waals surface area contributed by atoms with Crippen molar-refractivity contribution in [1.82, 2.24) is 15.1 Å². The molecule has 2 atom stereocenters. The van der Waals surface area contributed by atoms with E-state index < -0.39 is 11.8 Å². The fraction of sp³-hybridized carbons (Fsp3) is 0.478. The number of carbonyl (C=O) groups excluding carboxylic acids is 3. The molecule has 0 saturated carbocycles. The van der Waals surface area contributed by atoms with Crippen LogP contribution in [0.5, 0.6) is 0 Å². The van der Waals surface area contributed by atoms with E-state index in [1.807, 2.05) is 36.9 Å². The number of ketones is 1. The van der Waals surface area contributed by atoms with Gasteiger partial charge in [-0.15, -0.1) is 0 Å². The normalized spacial score (nSPS) is 24.7. The summed E-state index contributed by atoms with van der Waals surface area (Å²) in [5.74, 6) is -0.554. The lowest BCUT2D eigenvalue weighted by atomic mass is 9.94. The van der Waals surface area contributed by atoms with Gasteiger partial charge in [0.2, 0.25) is 17.8 Å². The largest absolute Gasteiger partial charge is 0.480 e. The van der Waals surface area contributed by atoms with Crippen LogP contribution in [0.25, 0.3) is 0 Å². The number of hydrogen-bond acceptors (Lipinski definition) is 6. The Morgan fingerprint density at radius 2 is 2.00 bits per heavy atom. The minimum atomic E-state index is -1.09. The van der Waals surface area contributed by atoms with Crippen LogP contribution in [0.2, 0.25) is 0 Å². The van der Waals surface area contributed by atoms with Gasteiger partial charge in [0, 0.05) is 38.6 Å². The zero-order valence-corrected chi connectivity index (χ0v) is 17.7. The summed E-state index contributed by atoms with van der Waals surface area (Å²) >= 11 is 0. The first-order chi connectivity index (χ1) is 14.9. The third-order valence-corrected chi connectivity index (χ3v) is 6.44. The van der Waals surface area contributed by atoms with E-state index >= 15 is 0 Å². The molecule has 31 heavy (non-hydrogen) atoms. The van der Waals surface area contributed by atoms with Crippen LogP contribution in [0, 0.1) is 17.2 Å². The van der Waals surface area contributed by atoms with Crippen LogP contribution in [0.1, 0.15) is 37.8 Å². The van der Waals surface area contributed by atoms with Crippen molar-refractivity contribution < 1.29 is 19.1 Å². The summed E-state index contributed by atoms with van der Waals surface area (Å²) in [6.45, 7) is 5.16. The lowest BCUT2D eigenvalue weighted by Gasteiger charge is -2.45. The van der Waals surface area contributed by atoms with Gasteiger partial charge < -0.3 is 14.5 Å². The Morgan fingerprint density at radius 3 is 2.61 bits per heavy atom. The maximum Gasteiger partial charge on any atom is 0.271 e. The Hall–Kier alpha value is -3.18. The monoisotopic (exact) mass is 422 g/mol. The van der Waals surface area contributed by atoms with Gasteiger partial charge in [-0.05, 0) is 17.5 Å². The van der Waals surface area contributed by atoms with Crippen LogP contribution in [0.4, 0.5) is 0 Å². The van der Waals surface area contributed by atoms with E-state index in [2.05, 4.69) is 11.4 Å². The van der Waals surface area contributed by atoms with Gasteiger partial charge in [0.25, 0.3) is 5.91 Å². The zero-order chi connectivity index (χ0) is 22.2. The maximum atomic E-state index is 13.3. The van der Waals surface area contributed by atoms with Crippen LogP contribution in [-0.4, -0.2) is 58.3 Å². The van der Waals surface area contributed by atoms with Gasteiger partial charge in [-0.1, -0.05) is 32.0 Å². The molecular weight excluding hydrogens is 396 g/mol. The van der Waals surface area contributed by atoms with Gasteiger partial charge in [-0.2, -0.15) is 5.26 Å². The molecule has 0 radical (unpaired) electrons.